The van der Waals surface area contributed by atoms with E-state index in [0.29, 0.717) is 10.0 Å². The molecule has 3 nitrogen and oxygen atoms in total. The van der Waals surface area contributed by atoms with Crippen molar-refractivity contribution in [1.82, 2.24) is 10.4 Å². The lowest BCUT2D eigenvalue weighted by molar-refractivity contribution is 0.555. The molecule has 1 unspecified atom stereocenters. The molecule has 0 saturated carbocycles. The number of aromatic nitrogens is 1. The summed E-state index contributed by atoms with van der Waals surface area (Å²) in [7, 11) is 0. The van der Waals surface area contributed by atoms with E-state index in [0.717, 1.165) is 15.8 Å². The molecular formula is C14H11BrFN3S. The average Bonchev–Trinajstić information content (AvgIpc) is 2.92. The Hall–Kier alpha value is -1.34. The van der Waals surface area contributed by atoms with Crippen molar-refractivity contribution in [2.24, 2.45) is 5.84 Å². The van der Waals surface area contributed by atoms with E-state index in [1.807, 2.05) is 17.5 Å². The lowest BCUT2D eigenvalue weighted by Gasteiger charge is -2.17. The third-order valence-electron chi connectivity index (χ3n) is 3.12. The summed E-state index contributed by atoms with van der Waals surface area (Å²) < 4.78 is 15.7. The van der Waals surface area contributed by atoms with Gasteiger partial charge in [0.2, 0.25) is 0 Å². The predicted molar refractivity (Wildman–Crippen MR) is 82.9 cm³/mol. The number of hydrogen-bond donors (Lipinski definition) is 2. The number of hydrogen-bond acceptors (Lipinski definition) is 4. The van der Waals surface area contributed by atoms with Crippen LogP contribution >= 0.6 is 27.3 Å². The normalized spacial score (nSPS) is 12.8. The molecule has 1 atom stereocenters. The first-order chi connectivity index (χ1) is 9.70. The van der Waals surface area contributed by atoms with E-state index in [4.69, 9.17) is 5.84 Å². The first kappa shape index (κ1) is 13.6. The molecule has 0 radical (unpaired) electrons. The van der Waals surface area contributed by atoms with Gasteiger partial charge in [0.25, 0.3) is 0 Å². The van der Waals surface area contributed by atoms with Crippen LogP contribution in [0.2, 0.25) is 0 Å². The van der Waals surface area contributed by atoms with Gasteiger partial charge in [-0.25, -0.2) is 9.82 Å². The highest BCUT2D eigenvalue weighted by atomic mass is 79.9. The van der Waals surface area contributed by atoms with E-state index >= 15 is 0 Å². The highest BCUT2D eigenvalue weighted by molar-refractivity contribution is 9.10. The average molecular weight is 352 g/mol. The number of rotatable bonds is 3. The smallest absolute Gasteiger partial charge is 0.142 e. The monoisotopic (exact) mass is 351 g/mol. The zero-order chi connectivity index (χ0) is 14.1. The summed E-state index contributed by atoms with van der Waals surface area (Å²) in [6.45, 7) is 0. The lowest BCUT2D eigenvalue weighted by Crippen LogP contribution is -2.29. The number of benzene rings is 1. The fourth-order valence-corrected chi connectivity index (χ4v) is 3.30. The Kier molecular flexibility index (Phi) is 3.80. The van der Waals surface area contributed by atoms with Gasteiger partial charge in [-0.05, 0) is 45.1 Å². The van der Waals surface area contributed by atoms with Crippen LogP contribution in [-0.4, -0.2) is 4.98 Å². The molecule has 0 aliphatic heterocycles. The highest BCUT2D eigenvalue weighted by Gasteiger charge is 2.19. The largest absolute Gasteiger partial charge is 0.271 e. The molecule has 0 fully saturated rings. The van der Waals surface area contributed by atoms with Crippen molar-refractivity contribution in [2.75, 3.05) is 0 Å². The first-order valence-electron chi connectivity index (χ1n) is 5.94. The van der Waals surface area contributed by atoms with Crippen LogP contribution in [0.5, 0.6) is 0 Å². The summed E-state index contributed by atoms with van der Waals surface area (Å²) in [6.07, 6.45) is 1.72. The zero-order valence-electron chi connectivity index (χ0n) is 10.3. The van der Waals surface area contributed by atoms with Crippen LogP contribution in [0.1, 0.15) is 17.2 Å². The summed E-state index contributed by atoms with van der Waals surface area (Å²) in [4.78, 5) is 4.37. The molecule has 0 aliphatic rings. The summed E-state index contributed by atoms with van der Waals surface area (Å²) in [5, 5.41) is 1.98. The van der Waals surface area contributed by atoms with Crippen LogP contribution < -0.4 is 11.3 Å². The van der Waals surface area contributed by atoms with E-state index in [1.54, 1.807) is 35.7 Å². The van der Waals surface area contributed by atoms with Gasteiger partial charge in [0.15, 0.2) is 0 Å². The van der Waals surface area contributed by atoms with Crippen molar-refractivity contribution in [1.29, 1.82) is 0 Å². The van der Waals surface area contributed by atoms with E-state index in [9.17, 15) is 4.39 Å². The third kappa shape index (κ3) is 2.35. The summed E-state index contributed by atoms with van der Waals surface area (Å²) in [5.74, 6) is 5.30. The molecule has 3 aromatic rings. The number of halogens is 2. The standard InChI is InChI=1S/C14H11BrFN3S/c15-10-3-1-2-9(13(10)16)14(19-17)8-6-12-11(18-7-8)4-5-20-12/h1-7,14,19H,17H2. The van der Waals surface area contributed by atoms with Crippen LogP contribution in [0.3, 0.4) is 0 Å². The molecule has 20 heavy (non-hydrogen) atoms. The van der Waals surface area contributed by atoms with Gasteiger partial charge in [-0.3, -0.25) is 10.8 Å². The van der Waals surface area contributed by atoms with Crippen molar-refractivity contribution < 1.29 is 4.39 Å². The SMILES string of the molecule is NNC(c1cnc2ccsc2c1)c1cccc(Br)c1F. The lowest BCUT2D eigenvalue weighted by atomic mass is 10.0. The van der Waals surface area contributed by atoms with E-state index in [1.165, 1.54) is 0 Å². The molecule has 1 aromatic carbocycles. The molecule has 102 valence electrons. The molecule has 0 amide bonds. The first-order valence-corrected chi connectivity index (χ1v) is 7.61. The van der Waals surface area contributed by atoms with Crippen LogP contribution in [0, 0.1) is 5.82 Å². The number of hydrazine groups is 1. The Balaban J connectivity index is 2.10. The molecule has 0 bridgehead atoms. The Morgan fingerprint density at radius 2 is 2.20 bits per heavy atom. The van der Waals surface area contributed by atoms with Gasteiger partial charge < -0.3 is 0 Å². The van der Waals surface area contributed by atoms with Crippen LogP contribution in [0.25, 0.3) is 10.2 Å². The Labute approximate surface area is 127 Å². The van der Waals surface area contributed by atoms with Gasteiger partial charge in [-0.2, -0.15) is 0 Å². The van der Waals surface area contributed by atoms with Crippen LogP contribution in [-0.2, 0) is 0 Å². The second-order valence-corrected chi connectivity index (χ2v) is 6.12. The molecular weight excluding hydrogens is 341 g/mol. The van der Waals surface area contributed by atoms with Crippen molar-refractivity contribution >= 4 is 37.5 Å². The van der Waals surface area contributed by atoms with E-state index in [-0.39, 0.29) is 5.82 Å². The second-order valence-electron chi connectivity index (χ2n) is 4.32. The number of nitrogens with zero attached hydrogens (tertiary/aromatic N) is 1. The number of thiophene rings is 1. The van der Waals surface area contributed by atoms with E-state index < -0.39 is 6.04 Å². The molecule has 2 aromatic heterocycles. The van der Waals surface area contributed by atoms with Crippen molar-refractivity contribution in [3.8, 4) is 0 Å². The maximum absolute atomic E-state index is 14.2. The zero-order valence-corrected chi connectivity index (χ0v) is 12.7. The summed E-state index contributed by atoms with van der Waals surface area (Å²) in [5.41, 5.74) is 4.92. The fourth-order valence-electron chi connectivity index (χ4n) is 2.13. The van der Waals surface area contributed by atoms with Gasteiger partial charge in [-0.1, -0.05) is 12.1 Å². The Morgan fingerprint density at radius 1 is 1.35 bits per heavy atom. The summed E-state index contributed by atoms with van der Waals surface area (Å²) >= 11 is 4.79. The molecule has 0 saturated heterocycles. The number of fused-ring (bicyclic) bond motifs is 1. The fraction of sp³-hybridized carbons (Fsp3) is 0.0714. The van der Waals surface area contributed by atoms with Gasteiger partial charge in [0.1, 0.15) is 5.82 Å². The minimum atomic E-state index is -0.438. The predicted octanol–water partition coefficient (Wildman–Crippen LogP) is 3.75. The molecule has 2 heterocycles. The molecule has 6 heteroatoms. The van der Waals surface area contributed by atoms with Crippen molar-refractivity contribution in [3.05, 3.63) is 63.3 Å². The maximum atomic E-state index is 14.2. The molecule has 3 N–H and O–H groups in total. The molecule has 0 aliphatic carbocycles. The Bertz CT molecular complexity index is 759. The number of pyridine rings is 1. The number of nitrogens with two attached hydrogens (primary N) is 1. The van der Waals surface area contributed by atoms with Gasteiger partial charge >= 0.3 is 0 Å². The third-order valence-corrected chi connectivity index (χ3v) is 4.58. The van der Waals surface area contributed by atoms with Crippen molar-refractivity contribution in [2.45, 2.75) is 6.04 Å². The van der Waals surface area contributed by atoms with Crippen molar-refractivity contribution in [3.63, 3.8) is 0 Å². The molecule has 0 spiro atoms. The van der Waals surface area contributed by atoms with Crippen LogP contribution in [0.15, 0.2) is 46.4 Å². The van der Waals surface area contributed by atoms with Gasteiger partial charge in [-0.15, -0.1) is 11.3 Å². The topological polar surface area (TPSA) is 50.9 Å². The van der Waals surface area contributed by atoms with Gasteiger partial charge in [0, 0.05) is 11.8 Å². The maximum Gasteiger partial charge on any atom is 0.142 e. The summed E-state index contributed by atoms with van der Waals surface area (Å²) in [6, 6.07) is 8.65. The highest BCUT2D eigenvalue weighted by Crippen LogP contribution is 2.30. The van der Waals surface area contributed by atoms with Crippen LogP contribution in [0.4, 0.5) is 4.39 Å². The molecule has 3 rings (SSSR count). The number of nitrogens with one attached hydrogen (secondary N) is 1. The second kappa shape index (κ2) is 5.57. The van der Waals surface area contributed by atoms with E-state index in [2.05, 4.69) is 26.3 Å². The minimum absolute atomic E-state index is 0.318. The van der Waals surface area contributed by atoms with Gasteiger partial charge in [0.05, 0.1) is 20.7 Å². The minimum Gasteiger partial charge on any atom is -0.271 e. The Morgan fingerprint density at radius 3 is 3.00 bits per heavy atom. The quantitative estimate of drug-likeness (QED) is 0.558.